The topological polar surface area (TPSA) is 102 Å². The van der Waals surface area contributed by atoms with Crippen molar-refractivity contribution in [2.45, 2.75) is 29.7 Å². The van der Waals surface area contributed by atoms with Crippen molar-refractivity contribution in [2.75, 3.05) is 12.0 Å². The molecule has 0 spiro atoms. The summed E-state index contributed by atoms with van der Waals surface area (Å²) in [7, 11) is 1.54. The molecular formula is C35H29N3O5S2. The largest absolute Gasteiger partial charge is 0.507 e. The van der Waals surface area contributed by atoms with Gasteiger partial charge in [0.25, 0.3) is 5.78 Å². The Bertz CT molecular complexity index is 1850. The van der Waals surface area contributed by atoms with Gasteiger partial charge in [-0.25, -0.2) is 0 Å². The van der Waals surface area contributed by atoms with Gasteiger partial charge in [0.2, 0.25) is 5.13 Å². The maximum atomic E-state index is 13.7. The fourth-order valence-electron chi connectivity index (χ4n) is 4.95. The monoisotopic (exact) mass is 635 g/mol. The zero-order valence-corrected chi connectivity index (χ0v) is 26.2. The molecule has 1 aliphatic rings. The third kappa shape index (κ3) is 6.62. The van der Waals surface area contributed by atoms with E-state index in [0.717, 1.165) is 11.1 Å². The first-order chi connectivity index (χ1) is 21.9. The van der Waals surface area contributed by atoms with Crippen molar-refractivity contribution in [3.63, 3.8) is 0 Å². The maximum Gasteiger partial charge on any atom is 0.301 e. The highest BCUT2D eigenvalue weighted by molar-refractivity contribution is 8.00. The molecule has 6 rings (SSSR count). The average molecular weight is 636 g/mol. The molecule has 5 aromatic rings. The Kier molecular flexibility index (Phi) is 8.95. The molecule has 0 radical (unpaired) electrons. The number of Topliss-reactive ketones (excluding diaryl/α,β-unsaturated/α-hetero) is 1. The molecule has 8 nitrogen and oxygen atoms in total. The van der Waals surface area contributed by atoms with Crippen LogP contribution in [-0.4, -0.2) is 34.1 Å². The van der Waals surface area contributed by atoms with Crippen molar-refractivity contribution in [3.05, 3.63) is 137 Å². The lowest BCUT2D eigenvalue weighted by atomic mass is 9.95. The van der Waals surface area contributed by atoms with Crippen molar-refractivity contribution in [2.24, 2.45) is 0 Å². The number of ketones is 1. The summed E-state index contributed by atoms with van der Waals surface area (Å²) >= 11 is 2.73. The van der Waals surface area contributed by atoms with E-state index in [1.807, 2.05) is 43.3 Å². The fourth-order valence-corrected chi connectivity index (χ4v) is 6.78. The number of amides is 1. The molecule has 4 aromatic carbocycles. The standard InChI is InChI=1S/C35H29N3O5S2/c1-22-11-13-24(14-12-22)21-44-35-37-36-34(45-35)38-30(26-9-6-10-28(19-26)43-20-23-7-4-3-5-8-23)29(32(40)33(38)41)31(39)25-15-17-27(42-2)18-16-25/h3-19,30,39H,20-21H2,1-2H3. The molecule has 1 atom stereocenters. The normalized spacial score (nSPS) is 15.8. The Morgan fingerprint density at radius 2 is 1.64 bits per heavy atom. The van der Waals surface area contributed by atoms with Gasteiger partial charge in [-0.3, -0.25) is 14.5 Å². The molecular weight excluding hydrogens is 607 g/mol. The Hall–Kier alpha value is -4.93. The highest BCUT2D eigenvalue weighted by Crippen LogP contribution is 2.44. The van der Waals surface area contributed by atoms with E-state index in [-0.39, 0.29) is 16.5 Å². The van der Waals surface area contributed by atoms with Crippen LogP contribution in [0.2, 0.25) is 0 Å². The summed E-state index contributed by atoms with van der Waals surface area (Å²) < 4.78 is 12.0. The van der Waals surface area contributed by atoms with E-state index in [9.17, 15) is 14.7 Å². The van der Waals surface area contributed by atoms with E-state index in [2.05, 4.69) is 34.5 Å². The number of thioether (sulfide) groups is 1. The summed E-state index contributed by atoms with van der Waals surface area (Å²) in [4.78, 5) is 28.6. The number of aliphatic hydroxyl groups excluding tert-OH is 1. The number of aliphatic hydroxyl groups is 1. The van der Waals surface area contributed by atoms with Crippen LogP contribution in [0.1, 0.15) is 33.9 Å². The number of hydrogen-bond donors (Lipinski definition) is 1. The molecule has 1 unspecified atom stereocenters. The van der Waals surface area contributed by atoms with Gasteiger partial charge in [0.1, 0.15) is 23.9 Å². The van der Waals surface area contributed by atoms with Crippen LogP contribution in [0, 0.1) is 6.92 Å². The molecule has 0 saturated carbocycles. The van der Waals surface area contributed by atoms with Crippen LogP contribution in [-0.2, 0) is 21.9 Å². The van der Waals surface area contributed by atoms with Gasteiger partial charge >= 0.3 is 5.91 Å². The van der Waals surface area contributed by atoms with E-state index in [1.165, 1.54) is 33.6 Å². The number of aryl methyl sites for hydroxylation is 1. The molecule has 1 aliphatic heterocycles. The molecule has 1 aromatic heterocycles. The Morgan fingerprint density at radius 3 is 2.38 bits per heavy atom. The number of hydrogen-bond acceptors (Lipinski definition) is 9. The number of benzene rings is 4. The van der Waals surface area contributed by atoms with Gasteiger partial charge < -0.3 is 14.6 Å². The third-order valence-corrected chi connectivity index (χ3v) is 9.44. The number of aromatic nitrogens is 2. The lowest BCUT2D eigenvalue weighted by Crippen LogP contribution is -2.29. The molecule has 1 amide bonds. The second kappa shape index (κ2) is 13.4. The highest BCUT2D eigenvalue weighted by atomic mass is 32.2. The number of carbonyl (C=O) groups is 2. The second-order valence-electron chi connectivity index (χ2n) is 10.4. The van der Waals surface area contributed by atoms with Crippen LogP contribution in [0.25, 0.3) is 5.76 Å². The first-order valence-electron chi connectivity index (χ1n) is 14.1. The SMILES string of the molecule is COc1ccc(C(O)=C2C(=O)C(=O)N(c3nnc(SCc4ccc(C)cc4)s3)C2c2cccc(OCc3ccccc3)c2)cc1. The lowest BCUT2D eigenvalue weighted by Gasteiger charge is -2.23. The number of carbonyl (C=O) groups excluding carboxylic acids is 2. The van der Waals surface area contributed by atoms with E-state index in [4.69, 9.17) is 9.47 Å². The quantitative estimate of drug-likeness (QED) is 0.0559. The summed E-state index contributed by atoms with van der Waals surface area (Å²) in [6, 6.07) is 30.9. The van der Waals surface area contributed by atoms with Gasteiger partial charge in [-0.2, -0.15) is 0 Å². The predicted molar refractivity (Wildman–Crippen MR) is 176 cm³/mol. The third-order valence-electron chi connectivity index (χ3n) is 7.31. The van der Waals surface area contributed by atoms with E-state index in [1.54, 1.807) is 49.6 Å². The number of anilines is 1. The first kappa shape index (κ1) is 30.1. The molecule has 0 bridgehead atoms. The van der Waals surface area contributed by atoms with Crippen molar-refractivity contribution in [1.29, 1.82) is 0 Å². The molecule has 1 saturated heterocycles. The Balaban J connectivity index is 1.36. The molecule has 10 heteroatoms. The molecule has 1 fully saturated rings. The van der Waals surface area contributed by atoms with Crippen LogP contribution < -0.4 is 14.4 Å². The first-order valence-corrected chi connectivity index (χ1v) is 16.0. The number of nitrogens with zero attached hydrogens (tertiary/aromatic N) is 3. The van der Waals surface area contributed by atoms with Crippen molar-refractivity contribution in [1.82, 2.24) is 10.2 Å². The summed E-state index contributed by atoms with van der Waals surface area (Å²) in [6.45, 7) is 2.38. The smallest absolute Gasteiger partial charge is 0.301 e. The zero-order valence-electron chi connectivity index (χ0n) is 24.5. The summed E-state index contributed by atoms with van der Waals surface area (Å²) in [6.07, 6.45) is 0. The molecule has 2 heterocycles. The molecule has 1 N–H and O–H groups in total. The van der Waals surface area contributed by atoms with Gasteiger partial charge in [0, 0.05) is 11.3 Å². The van der Waals surface area contributed by atoms with Crippen LogP contribution >= 0.6 is 23.1 Å². The number of rotatable bonds is 10. The van der Waals surface area contributed by atoms with Gasteiger partial charge in [0.15, 0.2) is 4.34 Å². The lowest BCUT2D eigenvalue weighted by molar-refractivity contribution is -0.132. The van der Waals surface area contributed by atoms with E-state index >= 15 is 0 Å². The van der Waals surface area contributed by atoms with Crippen LogP contribution in [0.4, 0.5) is 5.13 Å². The van der Waals surface area contributed by atoms with Gasteiger partial charge in [-0.15, -0.1) is 10.2 Å². The summed E-state index contributed by atoms with van der Waals surface area (Å²) in [5, 5.41) is 20.4. The summed E-state index contributed by atoms with van der Waals surface area (Å²) in [5.74, 6) is -0.0769. The van der Waals surface area contributed by atoms with Gasteiger partial charge in [-0.05, 0) is 60.0 Å². The zero-order chi connectivity index (χ0) is 31.3. The van der Waals surface area contributed by atoms with E-state index in [0.29, 0.717) is 39.3 Å². The predicted octanol–water partition coefficient (Wildman–Crippen LogP) is 7.35. The minimum absolute atomic E-state index is 0.0468. The highest BCUT2D eigenvalue weighted by Gasteiger charge is 2.48. The minimum atomic E-state index is -0.963. The molecule has 226 valence electrons. The maximum absolute atomic E-state index is 13.7. The van der Waals surface area contributed by atoms with Crippen LogP contribution in [0.5, 0.6) is 11.5 Å². The van der Waals surface area contributed by atoms with Gasteiger partial charge in [0.05, 0.1) is 18.7 Å². The van der Waals surface area contributed by atoms with Crippen molar-refractivity contribution in [3.8, 4) is 11.5 Å². The summed E-state index contributed by atoms with van der Waals surface area (Å²) in [5.41, 5.74) is 4.23. The second-order valence-corrected chi connectivity index (χ2v) is 12.5. The minimum Gasteiger partial charge on any atom is -0.507 e. The van der Waals surface area contributed by atoms with Crippen molar-refractivity contribution < 1.29 is 24.2 Å². The van der Waals surface area contributed by atoms with Crippen LogP contribution in [0.3, 0.4) is 0 Å². The molecule has 0 aliphatic carbocycles. The fraction of sp³-hybridized carbons (Fsp3) is 0.143. The van der Waals surface area contributed by atoms with Crippen LogP contribution in [0.15, 0.2) is 113 Å². The number of ether oxygens (including phenoxy) is 2. The number of methoxy groups -OCH3 is 1. The Labute approximate surface area is 269 Å². The average Bonchev–Trinajstić information content (AvgIpc) is 3.65. The van der Waals surface area contributed by atoms with E-state index < -0.39 is 17.7 Å². The molecule has 45 heavy (non-hydrogen) atoms. The Morgan fingerprint density at radius 1 is 0.889 bits per heavy atom. The van der Waals surface area contributed by atoms with Crippen molar-refractivity contribution >= 4 is 45.7 Å². The van der Waals surface area contributed by atoms with Gasteiger partial charge in [-0.1, -0.05) is 95.4 Å².